The Morgan fingerprint density at radius 3 is 3.14 bits per heavy atom. The van der Waals surface area contributed by atoms with E-state index in [1.165, 1.54) is 6.42 Å². The van der Waals surface area contributed by atoms with Gasteiger partial charge in [-0.2, -0.15) is 0 Å². The Morgan fingerprint density at radius 2 is 2.43 bits per heavy atom. The van der Waals surface area contributed by atoms with Crippen LogP contribution in [-0.4, -0.2) is 35.0 Å². The van der Waals surface area contributed by atoms with Gasteiger partial charge in [-0.1, -0.05) is 6.58 Å². The molecule has 1 N–H and O–H groups in total. The van der Waals surface area contributed by atoms with E-state index in [1.807, 2.05) is 6.07 Å². The second-order valence-corrected chi connectivity index (χ2v) is 5.83. The SMILES string of the molecule is C=Cc1cc2cnc(C(=O)NC3CC4CCN3C4)cc2o1. The number of furan rings is 1. The third-order valence-electron chi connectivity index (χ3n) is 4.47. The van der Waals surface area contributed by atoms with E-state index in [4.69, 9.17) is 4.42 Å². The molecule has 2 aromatic rings. The van der Waals surface area contributed by atoms with Crippen LogP contribution in [0.3, 0.4) is 0 Å². The number of nitrogens with zero attached hydrogens (tertiary/aromatic N) is 2. The molecule has 4 rings (SSSR count). The van der Waals surface area contributed by atoms with Crippen LogP contribution in [0.5, 0.6) is 0 Å². The van der Waals surface area contributed by atoms with Crippen molar-refractivity contribution in [1.29, 1.82) is 0 Å². The summed E-state index contributed by atoms with van der Waals surface area (Å²) < 4.78 is 5.58. The van der Waals surface area contributed by atoms with Crippen LogP contribution in [0.1, 0.15) is 29.1 Å². The molecule has 0 radical (unpaired) electrons. The number of pyridine rings is 1. The number of rotatable bonds is 3. The van der Waals surface area contributed by atoms with Crippen molar-refractivity contribution >= 4 is 23.0 Å². The highest BCUT2D eigenvalue weighted by atomic mass is 16.3. The molecule has 5 heteroatoms. The summed E-state index contributed by atoms with van der Waals surface area (Å²) in [6, 6.07) is 3.55. The maximum absolute atomic E-state index is 12.3. The number of hydrogen-bond acceptors (Lipinski definition) is 4. The van der Waals surface area contributed by atoms with Crippen molar-refractivity contribution < 1.29 is 9.21 Å². The highest BCUT2D eigenvalue weighted by Crippen LogP contribution is 2.31. The van der Waals surface area contributed by atoms with E-state index in [2.05, 4.69) is 21.8 Å². The molecule has 3 atom stereocenters. The Morgan fingerprint density at radius 1 is 1.52 bits per heavy atom. The Balaban J connectivity index is 1.54. The summed E-state index contributed by atoms with van der Waals surface area (Å²) in [5, 5.41) is 3.95. The lowest BCUT2D eigenvalue weighted by atomic mass is 10.0. The number of fused-ring (bicyclic) bond motifs is 3. The van der Waals surface area contributed by atoms with Crippen LogP contribution in [0.4, 0.5) is 0 Å². The number of carbonyl (C=O) groups excluding carboxylic acids is 1. The Hall–Kier alpha value is -2.14. The third-order valence-corrected chi connectivity index (χ3v) is 4.47. The molecular weight excluding hydrogens is 266 g/mol. The lowest BCUT2D eigenvalue weighted by molar-refractivity contribution is 0.0877. The summed E-state index contributed by atoms with van der Waals surface area (Å²) in [5.74, 6) is 1.29. The highest BCUT2D eigenvalue weighted by molar-refractivity contribution is 5.95. The Labute approximate surface area is 122 Å². The molecule has 0 aromatic carbocycles. The average Bonchev–Trinajstić information content (AvgIpc) is 3.20. The minimum Gasteiger partial charge on any atom is -0.457 e. The predicted molar refractivity (Wildman–Crippen MR) is 79.7 cm³/mol. The highest BCUT2D eigenvalue weighted by Gasteiger charge is 2.38. The number of nitrogens with one attached hydrogen (secondary N) is 1. The van der Waals surface area contributed by atoms with E-state index in [0.29, 0.717) is 17.0 Å². The van der Waals surface area contributed by atoms with E-state index >= 15 is 0 Å². The van der Waals surface area contributed by atoms with Gasteiger partial charge in [0.05, 0.1) is 6.17 Å². The number of piperidine rings is 1. The number of amides is 1. The predicted octanol–water partition coefficient (Wildman–Crippen LogP) is 2.25. The zero-order valence-corrected chi connectivity index (χ0v) is 11.7. The number of aromatic nitrogens is 1. The van der Waals surface area contributed by atoms with Gasteiger partial charge in [-0.15, -0.1) is 0 Å². The topological polar surface area (TPSA) is 58.4 Å². The van der Waals surface area contributed by atoms with Gasteiger partial charge >= 0.3 is 0 Å². The molecule has 5 nitrogen and oxygen atoms in total. The van der Waals surface area contributed by atoms with E-state index in [1.54, 1.807) is 18.3 Å². The van der Waals surface area contributed by atoms with Crippen LogP contribution < -0.4 is 5.32 Å². The molecule has 108 valence electrons. The quantitative estimate of drug-likeness (QED) is 0.938. The van der Waals surface area contributed by atoms with Gasteiger partial charge in [-0.05, 0) is 30.9 Å². The fourth-order valence-corrected chi connectivity index (χ4v) is 3.36. The molecule has 2 fully saturated rings. The van der Waals surface area contributed by atoms with Gasteiger partial charge < -0.3 is 9.73 Å². The monoisotopic (exact) mass is 283 g/mol. The van der Waals surface area contributed by atoms with Crippen molar-refractivity contribution in [3.05, 3.63) is 36.4 Å². The molecule has 2 bridgehead atoms. The summed E-state index contributed by atoms with van der Waals surface area (Å²) in [4.78, 5) is 18.9. The van der Waals surface area contributed by atoms with Gasteiger partial charge in [-0.25, -0.2) is 0 Å². The van der Waals surface area contributed by atoms with Crippen molar-refractivity contribution in [3.63, 3.8) is 0 Å². The van der Waals surface area contributed by atoms with Gasteiger partial charge in [0, 0.05) is 30.7 Å². The van der Waals surface area contributed by atoms with Gasteiger partial charge in [0.2, 0.25) is 0 Å². The number of hydrogen-bond donors (Lipinski definition) is 1. The lowest BCUT2D eigenvalue weighted by Crippen LogP contribution is -2.45. The molecule has 0 saturated carbocycles. The van der Waals surface area contributed by atoms with E-state index in [-0.39, 0.29) is 12.1 Å². The van der Waals surface area contributed by atoms with Gasteiger partial charge in [0.25, 0.3) is 5.91 Å². The Bertz CT molecular complexity index is 721. The van der Waals surface area contributed by atoms with Crippen LogP contribution in [0.2, 0.25) is 0 Å². The van der Waals surface area contributed by atoms with Crippen molar-refractivity contribution in [2.75, 3.05) is 13.1 Å². The van der Waals surface area contributed by atoms with Crippen molar-refractivity contribution in [3.8, 4) is 0 Å². The molecule has 2 aliphatic heterocycles. The van der Waals surface area contributed by atoms with Gasteiger partial charge in [0.1, 0.15) is 17.0 Å². The maximum Gasteiger partial charge on any atom is 0.271 e. The first kappa shape index (κ1) is 12.6. The van der Waals surface area contributed by atoms with Crippen LogP contribution in [0.25, 0.3) is 17.0 Å². The average molecular weight is 283 g/mol. The minimum atomic E-state index is -0.133. The largest absolute Gasteiger partial charge is 0.457 e. The van der Waals surface area contributed by atoms with Crippen molar-refractivity contribution in [2.45, 2.75) is 19.0 Å². The molecule has 2 aliphatic rings. The molecule has 0 spiro atoms. The summed E-state index contributed by atoms with van der Waals surface area (Å²) in [5.41, 5.74) is 1.06. The summed E-state index contributed by atoms with van der Waals surface area (Å²) in [6.45, 7) is 5.87. The lowest BCUT2D eigenvalue weighted by Gasteiger charge is -2.25. The molecule has 2 aromatic heterocycles. The standard InChI is InChI=1S/C16H17N3O2/c1-2-12-6-11-8-17-13(7-14(11)21-12)16(20)18-15-5-10-3-4-19(15)9-10/h2,6-8,10,15H,1,3-5,9H2,(H,18,20). The zero-order chi connectivity index (χ0) is 14.4. The van der Waals surface area contributed by atoms with Crippen molar-refractivity contribution in [1.82, 2.24) is 15.2 Å². The first-order valence-electron chi connectivity index (χ1n) is 7.30. The molecule has 3 unspecified atom stereocenters. The summed E-state index contributed by atoms with van der Waals surface area (Å²) in [6.07, 6.45) is 5.78. The fourth-order valence-electron chi connectivity index (χ4n) is 3.36. The summed E-state index contributed by atoms with van der Waals surface area (Å²) in [7, 11) is 0. The second kappa shape index (κ2) is 4.70. The van der Waals surface area contributed by atoms with E-state index in [0.717, 1.165) is 30.8 Å². The molecule has 4 heterocycles. The first-order chi connectivity index (χ1) is 10.2. The normalized spacial score (nSPS) is 27.1. The smallest absolute Gasteiger partial charge is 0.271 e. The van der Waals surface area contributed by atoms with E-state index < -0.39 is 0 Å². The number of carbonyl (C=O) groups is 1. The van der Waals surface area contributed by atoms with Crippen LogP contribution >= 0.6 is 0 Å². The van der Waals surface area contributed by atoms with Crippen LogP contribution in [0, 0.1) is 5.92 Å². The molecule has 21 heavy (non-hydrogen) atoms. The molecular formula is C16H17N3O2. The van der Waals surface area contributed by atoms with Gasteiger partial charge in [-0.3, -0.25) is 14.7 Å². The zero-order valence-electron chi connectivity index (χ0n) is 11.7. The first-order valence-corrected chi connectivity index (χ1v) is 7.30. The molecule has 0 aliphatic carbocycles. The van der Waals surface area contributed by atoms with Crippen LogP contribution in [-0.2, 0) is 0 Å². The maximum atomic E-state index is 12.3. The summed E-state index contributed by atoms with van der Waals surface area (Å²) >= 11 is 0. The van der Waals surface area contributed by atoms with Gasteiger partial charge in [0.15, 0.2) is 0 Å². The fraction of sp³-hybridized carbons (Fsp3) is 0.375. The minimum absolute atomic E-state index is 0.133. The van der Waals surface area contributed by atoms with Crippen LogP contribution in [0.15, 0.2) is 29.3 Å². The van der Waals surface area contributed by atoms with E-state index in [9.17, 15) is 4.79 Å². The molecule has 2 saturated heterocycles. The Kier molecular flexibility index (Phi) is 2.82. The second-order valence-electron chi connectivity index (χ2n) is 5.83. The third kappa shape index (κ3) is 2.14. The molecule has 1 amide bonds. The van der Waals surface area contributed by atoms with Crippen molar-refractivity contribution in [2.24, 2.45) is 5.92 Å².